The molecule has 14 heavy (non-hydrogen) atoms. The van der Waals surface area contributed by atoms with Crippen LogP contribution in [0.2, 0.25) is 0 Å². The van der Waals surface area contributed by atoms with Crippen LogP contribution in [0.1, 0.15) is 10.4 Å². The molecule has 0 spiro atoms. The smallest absolute Gasteiger partial charge is 0.248 e. The van der Waals surface area contributed by atoms with Crippen LogP contribution in [-0.4, -0.2) is 10.9 Å². The van der Waals surface area contributed by atoms with Gasteiger partial charge in [0.05, 0.1) is 0 Å². The predicted octanol–water partition coefficient (Wildman–Crippen LogP) is 1.80. The number of carbonyl (C=O) groups is 1. The molecule has 72 valence electrons. The highest BCUT2D eigenvalue weighted by molar-refractivity contribution is 5.92. The molecule has 0 bridgehead atoms. The number of primary amides is 1. The number of aromatic nitrogens is 1. The average Bonchev–Trinajstić information content (AvgIpc) is 2.77. The first-order valence-electron chi connectivity index (χ1n) is 4.23. The van der Waals surface area contributed by atoms with E-state index in [4.69, 9.17) is 5.73 Å². The van der Waals surface area contributed by atoms with Crippen molar-refractivity contribution in [1.82, 2.24) is 4.98 Å². The van der Waals surface area contributed by atoms with Crippen LogP contribution >= 0.6 is 0 Å². The van der Waals surface area contributed by atoms with E-state index in [1.54, 1.807) is 24.3 Å². The van der Waals surface area contributed by atoms with Crippen molar-refractivity contribution in [3.63, 3.8) is 0 Å². The molecule has 0 aliphatic heterocycles. The molecule has 3 N–H and O–H groups in total. The van der Waals surface area contributed by atoms with Crippen LogP contribution in [0.4, 0.5) is 0 Å². The van der Waals surface area contributed by atoms with Crippen molar-refractivity contribution in [2.45, 2.75) is 0 Å². The van der Waals surface area contributed by atoms with Crippen LogP contribution in [0.15, 0.2) is 54.9 Å². The topological polar surface area (TPSA) is 58.9 Å². The molecule has 3 heteroatoms. The molecule has 1 aromatic heterocycles. The van der Waals surface area contributed by atoms with Gasteiger partial charge in [-0.25, -0.2) is 0 Å². The highest BCUT2D eigenvalue weighted by atomic mass is 16.1. The number of amides is 1. The van der Waals surface area contributed by atoms with Gasteiger partial charge in [-0.05, 0) is 24.3 Å². The first-order chi connectivity index (χ1) is 6.80. The maximum Gasteiger partial charge on any atom is 0.248 e. The fourth-order valence-corrected chi connectivity index (χ4v) is 0.880. The molecule has 0 aliphatic rings. The van der Waals surface area contributed by atoms with Crippen molar-refractivity contribution in [3.05, 3.63) is 60.4 Å². The van der Waals surface area contributed by atoms with E-state index in [0.29, 0.717) is 5.56 Å². The summed E-state index contributed by atoms with van der Waals surface area (Å²) in [7, 11) is 0. The third-order valence-electron chi connectivity index (χ3n) is 1.55. The number of aromatic amines is 1. The van der Waals surface area contributed by atoms with E-state index in [1.807, 2.05) is 30.6 Å². The lowest BCUT2D eigenvalue weighted by molar-refractivity contribution is 0.100. The molecule has 0 aliphatic carbocycles. The van der Waals surface area contributed by atoms with E-state index in [1.165, 1.54) is 0 Å². The molecule has 2 rings (SSSR count). The van der Waals surface area contributed by atoms with Gasteiger partial charge in [0, 0.05) is 18.0 Å². The van der Waals surface area contributed by atoms with Gasteiger partial charge in [0.25, 0.3) is 0 Å². The molecule has 0 fully saturated rings. The minimum Gasteiger partial charge on any atom is -0.368 e. The molecule has 3 nitrogen and oxygen atoms in total. The second kappa shape index (κ2) is 5.59. The number of carbonyl (C=O) groups excluding carboxylic acids is 1. The maximum atomic E-state index is 10.4. The third kappa shape index (κ3) is 3.58. The summed E-state index contributed by atoms with van der Waals surface area (Å²) in [6, 6.07) is 12.7. The van der Waals surface area contributed by atoms with E-state index < -0.39 is 0 Å². The molecule has 1 amide bonds. The number of nitrogens with one attached hydrogen (secondary N) is 1. The molecule has 0 unspecified atom stereocenters. The zero-order chi connectivity index (χ0) is 10.2. The molecule has 1 aromatic carbocycles. The quantitative estimate of drug-likeness (QED) is 0.704. The Morgan fingerprint density at radius 3 is 1.86 bits per heavy atom. The first kappa shape index (κ1) is 10.1. The number of hydrogen-bond acceptors (Lipinski definition) is 1. The monoisotopic (exact) mass is 188 g/mol. The Kier molecular flexibility index (Phi) is 4.01. The maximum absolute atomic E-state index is 10.4. The summed E-state index contributed by atoms with van der Waals surface area (Å²) in [5.74, 6) is -0.379. The lowest BCUT2D eigenvalue weighted by Crippen LogP contribution is -2.09. The van der Waals surface area contributed by atoms with Crippen LogP contribution in [0, 0.1) is 0 Å². The van der Waals surface area contributed by atoms with Gasteiger partial charge in [0.15, 0.2) is 0 Å². The van der Waals surface area contributed by atoms with Crippen LogP contribution in [0.5, 0.6) is 0 Å². The molecule has 0 saturated carbocycles. The van der Waals surface area contributed by atoms with Gasteiger partial charge in [-0.2, -0.15) is 0 Å². The summed E-state index contributed by atoms with van der Waals surface area (Å²) in [4.78, 5) is 13.3. The number of rotatable bonds is 1. The van der Waals surface area contributed by atoms with Gasteiger partial charge in [-0.3, -0.25) is 4.79 Å². The molecule has 2 aromatic rings. The van der Waals surface area contributed by atoms with E-state index in [0.717, 1.165) is 0 Å². The predicted molar refractivity (Wildman–Crippen MR) is 55.8 cm³/mol. The lowest BCUT2D eigenvalue weighted by atomic mass is 10.2. The zero-order valence-corrected chi connectivity index (χ0v) is 7.68. The third-order valence-corrected chi connectivity index (χ3v) is 1.55. The Morgan fingerprint density at radius 1 is 1.00 bits per heavy atom. The van der Waals surface area contributed by atoms with Crippen molar-refractivity contribution in [3.8, 4) is 0 Å². The molecule has 0 atom stereocenters. The highest BCUT2D eigenvalue weighted by Crippen LogP contribution is 1.94. The molecular formula is C11H12N2O. The summed E-state index contributed by atoms with van der Waals surface area (Å²) >= 11 is 0. The molecular weight excluding hydrogens is 176 g/mol. The molecule has 0 saturated heterocycles. The van der Waals surface area contributed by atoms with E-state index >= 15 is 0 Å². The van der Waals surface area contributed by atoms with Crippen LogP contribution < -0.4 is 5.73 Å². The van der Waals surface area contributed by atoms with E-state index in [9.17, 15) is 4.79 Å². The van der Waals surface area contributed by atoms with Crippen molar-refractivity contribution in [2.24, 2.45) is 5.73 Å². The van der Waals surface area contributed by atoms with Crippen LogP contribution in [-0.2, 0) is 0 Å². The van der Waals surface area contributed by atoms with Crippen LogP contribution in [0.3, 0.4) is 0 Å². The normalized spacial score (nSPS) is 8.57. The van der Waals surface area contributed by atoms with Gasteiger partial charge in [-0.15, -0.1) is 0 Å². The Balaban J connectivity index is 0.000000165. The number of nitrogens with two attached hydrogens (primary N) is 1. The van der Waals surface area contributed by atoms with Gasteiger partial charge in [0.2, 0.25) is 5.91 Å². The Morgan fingerprint density at radius 2 is 1.57 bits per heavy atom. The minimum atomic E-state index is -0.379. The zero-order valence-electron chi connectivity index (χ0n) is 7.68. The van der Waals surface area contributed by atoms with Gasteiger partial charge >= 0.3 is 0 Å². The minimum absolute atomic E-state index is 0.379. The summed E-state index contributed by atoms with van der Waals surface area (Å²) in [6.07, 6.45) is 3.75. The number of hydrogen-bond donors (Lipinski definition) is 2. The number of H-pyrrole nitrogens is 1. The van der Waals surface area contributed by atoms with Gasteiger partial charge < -0.3 is 10.7 Å². The molecule has 1 heterocycles. The summed E-state index contributed by atoms with van der Waals surface area (Å²) in [5.41, 5.74) is 5.53. The summed E-state index contributed by atoms with van der Waals surface area (Å²) in [5, 5.41) is 0. The highest BCUT2D eigenvalue weighted by Gasteiger charge is 1.93. The Hall–Kier alpha value is -2.03. The fraction of sp³-hybridized carbons (Fsp3) is 0. The molecule has 0 radical (unpaired) electrons. The van der Waals surface area contributed by atoms with Crippen molar-refractivity contribution in [1.29, 1.82) is 0 Å². The number of benzene rings is 1. The van der Waals surface area contributed by atoms with Gasteiger partial charge in [-0.1, -0.05) is 18.2 Å². The first-order valence-corrected chi connectivity index (χ1v) is 4.23. The Labute approximate surface area is 82.6 Å². The Bertz CT molecular complexity index is 337. The second-order valence-electron chi connectivity index (χ2n) is 2.62. The van der Waals surface area contributed by atoms with Crippen molar-refractivity contribution < 1.29 is 4.79 Å². The summed E-state index contributed by atoms with van der Waals surface area (Å²) in [6.45, 7) is 0. The summed E-state index contributed by atoms with van der Waals surface area (Å²) < 4.78 is 0. The van der Waals surface area contributed by atoms with E-state index in [-0.39, 0.29) is 5.91 Å². The van der Waals surface area contributed by atoms with Gasteiger partial charge in [0.1, 0.15) is 0 Å². The van der Waals surface area contributed by atoms with Crippen molar-refractivity contribution >= 4 is 5.91 Å². The fourth-order valence-electron chi connectivity index (χ4n) is 0.880. The van der Waals surface area contributed by atoms with Crippen LogP contribution in [0.25, 0.3) is 0 Å². The second-order valence-corrected chi connectivity index (χ2v) is 2.62. The standard InChI is InChI=1S/C7H7NO.C4H5N/c8-7(9)6-4-2-1-3-5-6;1-2-4-5-3-1/h1-5H,(H2,8,9);1-5H. The van der Waals surface area contributed by atoms with E-state index in [2.05, 4.69) is 4.98 Å². The average molecular weight is 188 g/mol. The van der Waals surface area contributed by atoms with Crippen molar-refractivity contribution in [2.75, 3.05) is 0 Å². The lowest BCUT2D eigenvalue weighted by Gasteiger charge is -1.89. The SMILES string of the molecule is NC(=O)c1ccccc1.c1cc[nH]c1. The largest absolute Gasteiger partial charge is 0.368 e.